The molecule has 0 N–H and O–H groups in total. The van der Waals surface area contributed by atoms with Gasteiger partial charge in [-0.05, 0) is 89.0 Å². The zero-order valence-electron chi connectivity index (χ0n) is 33.3. The Bertz CT molecular complexity index is 1010. The van der Waals surface area contributed by atoms with E-state index in [0.717, 1.165) is 5.92 Å². The summed E-state index contributed by atoms with van der Waals surface area (Å²) < 4.78 is 1.36. The fraction of sp³-hybridized carbons (Fsp3) is 0.826. The summed E-state index contributed by atoms with van der Waals surface area (Å²) in [4.78, 5) is 3.63. The number of rotatable bonds is 36. The third kappa shape index (κ3) is 23.2. The van der Waals surface area contributed by atoms with E-state index in [4.69, 9.17) is 0 Å². The van der Waals surface area contributed by atoms with E-state index in [0.29, 0.717) is 4.83 Å². The van der Waals surface area contributed by atoms with Gasteiger partial charge in [0.2, 0.25) is 0 Å². The second-order valence-electron chi connectivity index (χ2n) is 15.7. The minimum atomic E-state index is 0.622. The first kappa shape index (κ1) is 46.5. The van der Waals surface area contributed by atoms with E-state index in [1.807, 2.05) is 22.7 Å². The summed E-state index contributed by atoms with van der Waals surface area (Å²) in [5.74, 6) is 0.807. The van der Waals surface area contributed by atoms with Crippen molar-refractivity contribution in [1.29, 1.82) is 0 Å². The van der Waals surface area contributed by atoms with Crippen molar-refractivity contribution in [3.63, 3.8) is 0 Å². The van der Waals surface area contributed by atoms with Crippen molar-refractivity contribution in [3.8, 4) is 9.75 Å². The molecule has 0 aliphatic rings. The Balaban J connectivity index is 1.55. The standard InChI is InChI=1S/C46H80Br2S2/c1-4-6-8-10-12-14-16-18-20-22-24-26-28-30-33-41(40(3)47)35-32-36-42-37-38-49-45(42)44-39-43(46(48)50-44)34-31-29-27-25-23-21-19-17-15-13-11-9-7-5-2/h37-41H,4-36H2,1-3H3. The molecule has 2 aromatic heterocycles. The normalized spacial score (nSPS) is 13.0. The Labute approximate surface area is 337 Å². The summed E-state index contributed by atoms with van der Waals surface area (Å²) in [6.07, 6.45) is 46.7. The van der Waals surface area contributed by atoms with Crippen LogP contribution >= 0.6 is 54.5 Å². The highest BCUT2D eigenvalue weighted by molar-refractivity contribution is 9.11. The maximum Gasteiger partial charge on any atom is 0.0737 e. The zero-order chi connectivity index (χ0) is 35.9. The van der Waals surface area contributed by atoms with Gasteiger partial charge in [-0.2, -0.15) is 0 Å². The van der Waals surface area contributed by atoms with Crippen molar-refractivity contribution >= 4 is 54.5 Å². The minimum Gasteiger partial charge on any atom is -0.143 e. The van der Waals surface area contributed by atoms with Crippen molar-refractivity contribution in [2.24, 2.45) is 5.92 Å². The smallest absolute Gasteiger partial charge is 0.0737 e. The molecule has 0 spiro atoms. The molecular weight excluding hydrogens is 776 g/mol. The summed E-state index contributed by atoms with van der Waals surface area (Å²) in [6, 6.07) is 4.91. The predicted molar refractivity (Wildman–Crippen MR) is 239 cm³/mol. The van der Waals surface area contributed by atoms with Crippen LogP contribution in [0.25, 0.3) is 9.75 Å². The molecule has 2 unspecified atom stereocenters. The van der Waals surface area contributed by atoms with Crippen LogP contribution in [-0.4, -0.2) is 4.83 Å². The molecule has 0 aromatic carbocycles. The Morgan fingerprint density at radius 1 is 0.520 bits per heavy atom. The van der Waals surface area contributed by atoms with E-state index in [2.05, 4.69) is 70.1 Å². The van der Waals surface area contributed by atoms with Crippen molar-refractivity contribution in [2.75, 3.05) is 0 Å². The van der Waals surface area contributed by atoms with E-state index < -0.39 is 0 Å². The molecule has 2 aromatic rings. The van der Waals surface area contributed by atoms with Crippen LogP contribution in [0.4, 0.5) is 0 Å². The minimum absolute atomic E-state index is 0.622. The lowest BCUT2D eigenvalue weighted by atomic mass is 9.91. The van der Waals surface area contributed by atoms with Gasteiger partial charge in [-0.15, -0.1) is 22.7 Å². The van der Waals surface area contributed by atoms with Crippen molar-refractivity contribution in [2.45, 2.75) is 237 Å². The molecule has 0 saturated carbocycles. The lowest BCUT2D eigenvalue weighted by Gasteiger charge is -2.19. The maximum atomic E-state index is 3.98. The number of hydrogen-bond donors (Lipinski definition) is 0. The van der Waals surface area contributed by atoms with Crippen LogP contribution in [0.5, 0.6) is 0 Å². The van der Waals surface area contributed by atoms with Crippen LogP contribution < -0.4 is 0 Å². The Morgan fingerprint density at radius 2 is 0.920 bits per heavy atom. The molecule has 0 fully saturated rings. The highest BCUT2D eigenvalue weighted by atomic mass is 79.9. The number of unbranched alkanes of at least 4 members (excludes halogenated alkanes) is 26. The van der Waals surface area contributed by atoms with Gasteiger partial charge in [-0.1, -0.05) is 210 Å². The second kappa shape index (κ2) is 32.8. The average Bonchev–Trinajstić information content (AvgIpc) is 3.73. The van der Waals surface area contributed by atoms with Crippen LogP contribution in [0.3, 0.4) is 0 Å². The SMILES string of the molecule is CCCCCCCCCCCCCCCCc1cc(-c2sccc2CCCC(CCCCCCCCCCCCCCCC)C(C)Br)sc1Br. The molecule has 0 aliphatic heterocycles. The highest BCUT2D eigenvalue weighted by Gasteiger charge is 2.17. The number of halogens is 2. The first-order valence-electron chi connectivity index (χ1n) is 22.1. The van der Waals surface area contributed by atoms with E-state index >= 15 is 0 Å². The van der Waals surface area contributed by atoms with E-state index in [-0.39, 0.29) is 0 Å². The fourth-order valence-electron chi connectivity index (χ4n) is 7.71. The molecule has 0 saturated heterocycles. The fourth-order valence-corrected chi connectivity index (χ4v) is 11.1. The lowest BCUT2D eigenvalue weighted by Crippen LogP contribution is -2.11. The molecule has 0 nitrogen and oxygen atoms in total. The van der Waals surface area contributed by atoms with Gasteiger partial charge >= 0.3 is 0 Å². The molecule has 0 amide bonds. The van der Waals surface area contributed by atoms with Crippen molar-refractivity contribution < 1.29 is 0 Å². The largest absolute Gasteiger partial charge is 0.143 e. The molecular formula is C46H80Br2S2. The van der Waals surface area contributed by atoms with Gasteiger partial charge in [-0.25, -0.2) is 0 Å². The molecule has 0 radical (unpaired) electrons. The molecule has 2 atom stereocenters. The van der Waals surface area contributed by atoms with Crippen LogP contribution in [0.15, 0.2) is 21.3 Å². The first-order valence-corrected chi connectivity index (χ1v) is 25.5. The maximum absolute atomic E-state index is 3.98. The number of hydrogen-bond acceptors (Lipinski definition) is 2. The molecule has 2 rings (SSSR count). The van der Waals surface area contributed by atoms with Gasteiger partial charge in [-0.3, -0.25) is 0 Å². The molecule has 0 aliphatic carbocycles. The van der Waals surface area contributed by atoms with Crippen LogP contribution in [0, 0.1) is 5.92 Å². The third-order valence-electron chi connectivity index (χ3n) is 11.1. The van der Waals surface area contributed by atoms with Crippen LogP contribution in [0.2, 0.25) is 0 Å². The van der Waals surface area contributed by atoms with Crippen LogP contribution in [-0.2, 0) is 12.8 Å². The van der Waals surface area contributed by atoms with E-state index in [1.165, 1.54) is 231 Å². The van der Waals surface area contributed by atoms with Crippen LogP contribution in [0.1, 0.15) is 231 Å². The van der Waals surface area contributed by atoms with E-state index in [1.54, 1.807) is 5.56 Å². The summed E-state index contributed by atoms with van der Waals surface area (Å²) >= 11 is 11.8. The first-order chi connectivity index (χ1) is 24.6. The van der Waals surface area contributed by atoms with E-state index in [9.17, 15) is 0 Å². The summed E-state index contributed by atoms with van der Waals surface area (Å²) in [5, 5.41) is 2.32. The topological polar surface area (TPSA) is 0 Å². The number of alkyl halides is 1. The number of aryl methyl sites for hydroxylation is 2. The lowest BCUT2D eigenvalue weighted by molar-refractivity contribution is 0.413. The van der Waals surface area contributed by atoms with Gasteiger partial charge in [0, 0.05) is 14.6 Å². The summed E-state index contributed by atoms with van der Waals surface area (Å²) in [6.45, 7) is 7.00. The van der Waals surface area contributed by atoms with Gasteiger partial charge in [0.15, 0.2) is 0 Å². The molecule has 50 heavy (non-hydrogen) atoms. The Kier molecular flexibility index (Phi) is 30.5. The molecule has 4 heteroatoms. The molecule has 0 bridgehead atoms. The Morgan fingerprint density at radius 3 is 1.38 bits per heavy atom. The quantitative estimate of drug-likeness (QED) is 0.0473. The predicted octanol–water partition coefficient (Wildman–Crippen LogP) is 18.9. The van der Waals surface area contributed by atoms with Gasteiger partial charge in [0.25, 0.3) is 0 Å². The second-order valence-corrected chi connectivity index (χ2v) is 20.5. The summed E-state index contributed by atoms with van der Waals surface area (Å²) in [5.41, 5.74) is 3.11. The summed E-state index contributed by atoms with van der Waals surface area (Å²) in [7, 11) is 0. The third-order valence-corrected chi connectivity index (χ3v) is 15.0. The highest BCUT2D eigenvalue weighted by Crippen LogP contribution is 2.41. The Hall–Kier alpha value is 0.360. The number of thiophene rings is 2. The zero-order valence-corrected chi connectivity index (χ0v) is 38.1. The molecule has 290 valence electrons. The van der Waals surface area contributed by atoms with Gasteiger partial charge in [0.1, 0.15) is 0 Å². The van der Waals surface area contributed by atoms with Gasteiger partial charge < -0.3 is 0 Å². The van der Waals surface area contributed by atoms with Crippen molar-refractivity contribution in [3.05, 3.63) is 32.4 Å². The van der Waals surface area contributed by atoms with Gasteiger partial charge in [0.05, 0.1) is 3.79 Å². The average molecular weight is 857 g/mol. The molecule has 2 heterocycles. The monoisotopic (exact) mass is 854 g/mol. The van der Waals surface area contributed by atoms with Crippen molar-refractivity contribution in [1.82, 2.24) is 0 Å².